The van der Waals surface area contributed by atoms with E-state index in [9.17, 15) is 19.2 Å². The van der Waals surface area contributed by atoms with Crippen molar-refractivity contribution >= 4 is 39.8 Å². The maximum absolute atomic E-state index is 12.6. The van der Waals surface area contributed by atoms with E-state index >= 15 is 0 Å². The van der Waals surface area contributed by atoms with E-state index in [1.165, 1.54) is 26.1 Å². The monoisotopic (exact) mass is 425 g/mol. The lowest BCUT2D eigenvalue weighted by Gasteiger charge is -2.15. The number of carbonyl (C=O) groups is 3. The highest BCUT2D eigenvalue weighted by molar-refractivity contribution is 8.12. The lowest BCUT2D eigenvalue weighted by atomic mass is 10.1. The van der Waals surface area contributed by atoms with Crippen LogP contribution in [0.15, 0.2) is 63.8 Å². The number of carbonyl (C=O) groups excluding carboxylic acids is 3. The number of hydrogen-bond donors (Lipinski definition) is 0. The van der Waals surface area contributed by atoms with Gasteiger partial charge in [-0.2, -0.15) is 0 Å². The molecule has 3 aromatic rings. The number of imide groups is 1. The van der Waals surface area contributed by atoms with E-state index in [-0.39, 0.29) is 23.0 Å². The van der Waals surface area contributed by atoms with Crippen molar-refractivity contribution < 1.29 is 23.5 Å². The summed E-state index contributed by atoms with van der Waals surface area (Å²) in [5.74, 6) is -0.271. The minimum absolute atomic E-state index is 0.150. The Kier molecular flexibility index (Phi) is 6.68. The van der Waals surface area contributed by atoms with E-state index < -0.39 is 17.5 Å². The van der Waals surface area contributed by atoms with Crippen molar-refractivity contribution in [2.45, 2.75) is 19.1 Å². The highest BCUT2D eigenvalue weighted by atomic mass is 32.2. The molecule has 0 atom stereocenters. The van der Waals surface area contributed by atoms with E-state index in [2.05, 4.69) is 0 Å². The van der Waals surface area contributed by atoms with Crippen LogP contribution < -0.4 is 10.4 Å². The van der Waals surface area contributed by atoms with Crippen LogP contribution in [-0.2, 0) is 21.8 Å². The Balaban J connectivity index is 1.74. The number of ether oxygens (including phenoxy) is 1. The van der Waals surface area contributed by atoms with Crippen molar-refractivity contribution in [2.24, 2.45) is 0 Å². The maximum Gasteiger partial charge on any atom is 0.336 e. The van der Waals surface area contributed by atoms with Gasteiger partial charge < -0.3 is 9.15 Å². The number of benzene rings is 2. The molecule has 1 aromatic heterocycles. The van der Waals surface area contributed by atoms with E-state index in [4.69, 9.17) is 9.15 Å². The van der Waals surface area contributed by atoms with Crippen LogP contribution in [0, 0.1) is 0 Å². The molecule has 8 heteroatoms. The largest absolute Gasteiger partial charge is 0.427 e. The zero-order valence-corrected chi connectivity index (χ0v) is 17.2. The first-order valence-electron chi connectivity index (χ1n) is 9.06. The summed E-state index contributed by atoms with van der Waals surface area (Å²) in [6.45, 7) is 1.26. The molecular weight excluding hydrogens is 406 g/mol. The van der Waals surface area contributed by atoms with Gasteiger partial charge in [0.1, 0.15) is 11.3 Å². The molecule has 0 unspecified atom stereocenters. The molecule has 0 bridgehead atoms. The molecule has 0 fully saturated rings. The molecule has 7 nitrogen and oxygen atoms in total. The SMILES string of the molecule is CC(=O)Oc1ccc2c(CC(=O)N(C)C(=O)SCc3ccccc3)cc(=O)oc2c1. The first-order valence-corrected chi connectivity index (χ1v) is 10.0. The lowest BCUT2D eigenvalue weighted by Crippen LogP contribution is -2.31. The average molecular weight is 425 g/mol. The average Bonchev–Trinajstić information content (AvgIpc) is 2.71. The van der Waals surface area contributed by atoms with Crippen molar-refractivity contribution in [2.75, 3.05) is 7.05 Å². The summed E-state index contributed by atoms with van der Waals surface area (Å²) >= 11 is 1.03. The Bertz CT molecular complexity index is 1160. The molecule has 0 radical (unpaired) electrons. The van der Waals surface area contributed by atoms with Gasteiger partial charge in [0.15, 0.2) is 0 Å². The number of amides is 2. The Morgan fingerprint density at radius 2 is 1.80 bits per heavy atom. The van der Waals surface area contributed by atoms with Gasteiger partial charge in [0.25, 0.3) is 5.24 Å². The minimum atomic E-state index is -0.641. The number of nitrogens with zero attached hydrogens (tertiary/aromatic N) is 1. The van der Waals surface area contributed by atoms with Crippen LogP contribution in [0.5, 0.6) is 5.75 Å². The van der Waals surface area contributed by atoms with Crippen LogP contribution in [-0.4, -0.2) is 29.1 Å². The minimum Gasteiger partial charge on any atom is -0.427 e. The van der Waals surface area contributed by atoms with Crippen molar-refractivity contribution in [3.63, 3.8) is 0 Å². The van der Waals surface area contributed by atoms with Crippen LogP contribution >= 0.6 is 11.8 Å². The fraction of sp³-hybridized carbons (Fsp3) is 0.182. The van der Waals surface area contributed by atoms with Gasteiger partial charge in [0.2, 0.25) is 5.91 Å². The summed E-state index contributed by atoms with van der Waals surface area (Å²) in [6, 6.07) is 15.2. The molecule has 0 saturated heterocycles. The van der Waals surface area contributed by atoms with E-state index in [0.717, 1.165) is 22.2 Å². The molecule has 3 rings (SSSR count). The Hall–Kier alpha value is -3.39. The summed E-state index contributed by atoms with van der Waals surface area (Å²) < 4.78 is 10.2. The van der Waals surface area contributed by atoms with Crippen LogP contribution in [0.2, 0.25) is 0 Å². The van der Waals surface area contributed by atoms with Crippen molar-refractivity contribution in [1.82, 2.24) is 4.90 Å². The van der Waals surface area contributed by atoms with Crippen molar-refractivity contribution in [3.05, 3.63) is 76.1 Å². The highest BCUT2D eigenvalue weighted by Gasteiger charge is 2.19. The zero-order chi connectivity index (χ0) is 21.7. The van der Waals surface area contributed by atoms with Gasteiger partial charge in [-0.25, -0.2) is 4.79 Å². The van der Waals surface area contributed by atoms with Crippen molar-refractivity contribution in [1.29, 1.82) is 0 Å². The fourth-order valence-corrected chi connectivity index (χ4v) is 3.56. The highest BCUT2D eigenvalue weighted by Crippen LogP contribution is 2.24. The van der Waals surface area contributed by atoms with E-state index in [1.807, 2.05) is 30.3 Å². The third-order valence-corrected chi connectivity index (χ3v) is 5.26. The second kappa shape index (κ2) is 9.41. The van der Waals surface area contributed by atoms with E-state index in [1.54, 1.807) is 12.1 Å². The third-order valence-electron chi connectivity index (χ3n) is 4.26. The molecule has 154 valence electrons. The summed E-state index contributed by atoms with van der Waals surface area (Å²) in [5.41, 5.74) is 0.953. The topological polar surface area (TPSA) is 93.9 Å². The molecule has 2 amide bonds. The van der Waals surface area contributed by atoms with Crippen molar-refractivity contribution in [3.8, 4) is 5.75 Å². The number of thioether (sulfide) groups is 1. The first kappa shape index (κ1) is 21.3. The maximum atomic E-state index is 12.6. The molecule has 2 aromatic carbocycles. The van der Waals surface area contributed by atoms with Gasteiger partial charge >= 0.3 is 11.6 Å². The van der Waals surface area contributed by atoms with Gasteiger partial charge in [-0.3, -0.25) is 19.3 Å². The van der Waals surface area contributed by atoms with Gasteiger partial charge in [-0.15, -0.1) is 0 Å². The molecule has 0 aliphatic heterocycles. The predicted molar refractivity (Wildman–Crippen MR) is 113 cm³/mol. The van der Waals surface area contributed by atoms with Gasteiger partial charge in [0.05, 0.1) is 6.42 Å². The van der Waals surface area contributed by atoms with Gasteiger partial charge in [-0.05, 0) is 23.3 Å². The van der Waals surface area contributed by atoms with Crippen LogP contribution in [0.25, 0.3) is 11.0 Å². The predicted octanol–water partition coefficient (Wildman–Crippen LogP) is 3.77. The third kappa shape index (κ3) is 5.36. The Morgan fingerprint density at radius 3 is 2.50 bits per heavy atom. The molecule has 0 saturated carbocycles. The van der Waals surface area contributed by atoms with Crippen LogP contribution in [0.4, 0.5) is 4.79 Å². The number of hydrogen-bond acceptors (Lipinski definition) is 7. The number of esters is 1. The second-order valence-corrected chi connectivity index (χ2v) is 7.44. The molecule has 0 spiro atoms. The van der Waals surface area contributed by atoms with Gasteiger partial charge in [-0.1, -0.05) is 42.1 Å². The summed E-state index contributed by atoms with van der Waals surface area (Å²) in [5, 5.41) is 0.143. The zero-order valence-electron chi connectivity index (χ0n) is 16.4. The standard InChI is InChI=1S/C22H19NO6S/c1-14(24)28-17-8-9-18-16(11-21(26)29-19(18)12-17)10-20(25)23(2)22(27)30-13-15-6-4-3-5-7-15/h3-9,11-12H,10,13H2,1-2H3. The Morgan fingerprint density at radius 1 is 1.07 bits per heavy atom. The Labute approximate surface area is 176 Å². The summed E-state index contributed by atoms with van der Waals surface area (Å²) in [7, 11) is 1.41. The first-order chi connectivity index (χ1) is 14.3. The molecule has 1 heterocycles. The molecule has 0 aliphatic rings. The second-order valence-electron chi connectivity index (χ2n) is 6.51. The number of likely N-dealkylation sites (N-methyl/N-ethyl adjacent to an activating group) is 1. The number of rotatable bonds is 5. The smallest absolute Gasteiger partial charge is 0.336 e. The molecule has 0 N–H and O–H groups in total. The quantitative estimate of drug-likeness (QED) is 0.349. The van der Waals surface area contributed by atoms with Crippen LogP contribution in [0.1, 0.15) is 18.1 Å². The number of fused-ring (bicyclic) bond motifs is 1. The summed E-state index contributed by atoms with van der Waals surface area (Å²) in [4.78, 5) is 49.1. The lowest BCUT2D eigenvalue weighted by molar-refractivity contribution is -0.132. The normalized spacial score (nSPS) is 10.6. The molecule has 30 heavy (non-hydrogen) atoms. The van der Waals surface area contributed by atoms with Gasteiger partial charge in [0, 0.05) is 37.2 Å². The molecule has 0 aliphatic carbocycles. The fourth-order valence-electron chi connectivity index (χ4n) is 2.79. The van der Waals surface area contributed by atoms with E-state index in [0.29, 0.717) is 16.7 Å². The van der Waals surface area contributed by atoms with Crippen LogP contribution in [0.3, 0.4) is 0 Å². The molecular formula is C22H19NO6S. The summed E-state index contributed by atoms with van der Waals surface area (Å²) in [6.07, 6.45) is -0.150.